The van der Waals surface area contributed by atoms with E-state index < -0.39 is 0 Å². The van der Waals surface area contributed by atoms with Gasteiger partial charge in [-0.1, -0.05) is 0 Å². The summed E-state index contributed by atoms with van der Waals surface area (Å²) in [5.74, 6) is 0.924. The van der Waals surface area contributed by atoms with Crippen LogP contribution < -0.4 is 27.1 Å². The van der Waals surface area contributed by atoms with Gasteiger partial charge in [-0.25, -0.2) is 0 Å². The summed E-state index contributed by atoms with van der Waals surface area (Å²) in [6, 6.07) is 43.5. The van der Waals surface area contributed by atoms with Crippen molar-refractivity contribution in [2.24, 2.45) is 0 Å². The van der Waals surface area contributed by atoms with Crippen molar-refractivity contribution < 1.29 is 0 Å². The Morgan fingerprint density at radius 3 is 1.96 bits per heavy atom. The van der Waals surface area contributed by atoms with E-state index in [1.54, 1.807) is 0 Å². The van der Waals surface area contributed by atoms with Gasteiger partial charge in [-0.05, 0) is 0 Å². The molecule has 1 aromatic heterocycles. The van der Waals surface area contributed by atoms with Crippen LogP contribution in [-0.4, -0.2) is 72.0 Å². The summed E-state index contributed by atoms with van der Waals surface area (Å²) < 4.78 is 2.29. The summed E-state index contributed by atoms with van der Waals surface area (Å²) in [5.41, 5.74) is 18.2. The van der Waals surface area contributed by atoms with Crippen molar-refractivity contribution in [3.8, 4) is 39.3 Å². The number of allylic oxidation sites excluding steroid dienone is 2. The van der Waals surface area contributed by atoms with Gasteiger partial charge >= 0.3 is 321 Å². The van der Waals surface area contributed by atoms with Crippen molar-refractivity contribution in [2.75, 3.05) is 0 Å². The third-order valence-electron chi connectivity index (χ3n) is 11.8. The van der Waals surface area contributed by atoms with Crippen molar-refractivity contribution in [1.29, 1.82) is 0 Å². The van der Waals surface area contributed by atoms with Gasteiger partial charge in [0.2, 0.25) is 0 Å². The molecule has 0 atom stereocenters. The SMILES string of the molecule is B=c1c(-c2cccc3ccccc23)c2c(B)c(B)c(B)c(B)c2c(-c2cccc(-c3nc4ccccc4n3-c3ccccc3)c2)/c1=C(B)/C(B)=C(/B)C. The average molecular weight is 669 g/mol. The van der Waals surface area contributed by atoms with Gasteiger partial charge in [0.15, 0.2) is 0 Å². The van der Waals surface area contributed by atoms with Crippen LogP contribution in [0.2, 0.25) is 0 Å². The Morgan fingerprint density at radius 1 is 0.623 bits per heavy atom. The van der Waals surface area contributed by atoms with E-state index in [1.807, 2.05) is 0 Å². The molecule has 7 aromatic carbocycles. The number of nitrogens with zero attached hydrogens (tertiary/aromatic N) is 2. The quantitative estimate of drug-likeness (QED) is 0.232. The molecule has 10 heteroatoms. The van der Waals surface area contributed by atoms with E-state index >= 15 is 0 Å². The third-order valence-corrected chi connectivity index (χ3v) is 11.8. The van der Waals surface area contributed by atoms with Gasteiger partial charge < -0.3 is 0 Å². The van der Waals surface area contributed by atoms with Crippen LogP contribution in [0.25, 0.3) is 77.4 Å². The number of para-hydroxylation sites is 3. The van der Waals surface area contributed by atoms with E-state index in [0.717, 1.165) is 38.8 Å². The molecule has 8 aromatic rings. The Balaban J connectivity index is 1.57. The molecule has 0 N–H and O–H groups in total. The van der Waals surface area contributed by atoms with Crippen LogP contribution in [0.15, 0.2) is 132 Å². The molecule has 0 saturated heterocycles. The predicted octanol–water partition coefficient (Wildman–Crippen LogP) is -0.243. The minimum absolute atomic E-state index is 0.924. The molecule has 0 radical (unpaired) electrons. The fraction of sp³-hybridized carbons (Fsp3) is 0.0233. The van der Waals surface area contributed by atoms with Crippen molar-refractivity contribution in [3.05, 3.63) is 143 Å². The molecule has 0 amide bonds. The monoisotopic (exact) mass is 670 g/mol. The Kier molecular flexibility index (Phi) is 8.89. The van der Waals surface area contributed by atoms with Crippen molar-refractivity contribution in [2.45, 2.75) is 6.92 Å². The normalized spacial score (nSPS) is 12.7. The van der Waals surface area contributed by atoms with E-state index in [0.29, 0.717) is 0 Å². The number of aromatic nitrogens is 2. The Bertz CT molecular complexity index is 2940. The van der Waals surface area contributed by atoms with Gasteiger partial charge in [0.1, 0.15) is 0 Å². The maximum atomic E-state index is 5.26. The van der Waals surface area contributed by atoms with E-state index in [1.165, 1.54) is 81.7 Å². The Labute approximate surface area is 319 Å². The van der Waals surface area contributed by atoms with Gasteiger partial charge in [0, 0.05) is 0 Å². The molecule has 0 bridgehead atoms. The van der Waals surface area contributed by atoms with Crippen LogP contribution in [-0.2, 0) is 0 Å². The van der Waals surface area contributed by atoms with Gasteiger partial charge in [-0.2, -0.15) is 0 Å². The second-order valence-corrected chi connectivity index (χ2v) is 14.8. The fourth-order valence-corrected chi connectivity index (χ4v) is 8.37. The van der Waals surface area contributed by atoms with Crippen LogP contribution >= 0.6 is 0 Å². The topological polar surface area (TPSA) is 17.8 Å². The molecule has 0 fully saturated rings. The molecular weight excluding hydrogens is 631 g/mol. The third kappa shape index (κ3) is 5.62. The number of rotatable bonds is 5. The zero-order chi connectivity index (χ0) is 37.1. The molecule has 53 heavy (non-hydrogen) atoms. The van der Waals surface area contributed by atoms with Crippen molar-refractivity contribution in [3.63, 3.8) is 0 Å². The molecule has 0 aliphatic carbocycles. The molecule has 0 saturated carbocycles. The van der Waals surface area contributed by atoms with Crippen LogP contribution in [0.5, 0.6) is 0 Å². The van der Waals surface area contributed by atoms with Gasteiger partial charge in [0.05, 0.1) is 0 Å². The van der Waals surface area contributed by atoms with Gasteiger partial charge in [0.25, 0.3) is 0 Å². The summed E-state index contributed by atoms with van der Waals surface area (Å²) in [6.07, 6.45) is 0. The number of fused-ring (bicyclic) bond motifs is 3. The number of benzene rings is 7. The van der Waals surface area contributed by atoms with Crippen molar-refractivity contribution >= 4 is 122 Å². The molecule has 0 spiro atoms. The molecule has 244 valence electrons. The first-order valence-corrected chi connectivity index (χ1v) is 18.6. The van der Waals surface area contributed by atoms with Crippen molar-refractivity contribution in [1.82, 2.24) is 9.55 Å². The summed E-state index contributed by atoms with van der Waals surface area (Å²) in [6.45, 7) is 2.21. The van der Waals surface area contributed by atoms with Crippen LogP contribution in [0, 0.1) is 5.11 Å². The van der Waals surface area contributed by atoms with Gasteiger partial charge in [-0.15, -0.1) is 0 Å². The molecule has 2 nitrogen and oxygen atoms in total. The summed E-state index contributed by atoms with van der Waals surface area (Å²) in [5, 5.41) is 7.33. The summed E-state index contributed by atoms with van der Waals surface area (Å²) >= 11 is 0. The van der Waals surface area contributed by atoms with E-state index in [9.17, 15) is 0 Å². The second-order valence-electron chi connectivity index (χ2n) is 14.8. The molecule has 8 rings (SSSR count). The van der Waals surface area contributed by atoms with Crippen LogP contribution in [0.1, 0.15) is 6.92 Å². The van der Waals surface area contributed by atoms with E-state index in [4.69, 9.17) is 12.5 Å². The number of imidazole rings is 1. The van der Waals surface area contributed by atoms with Gasteiger partial charge in [-0.3, -0.25) is 0 Å². The summed E-state index contributed by atoms with van der Waals surface area (Å²) in [7, 11) is 21.0. The standard InChI is InChI=1S/C43H38B8N2/c1-22(44)36(45)40(49)35-31(24-13-9-14-25(21-24)43-52-29-19-7-8-20-30(29)53(43)26-15-3-2-4-16-26)33-34(39(48)42(51)41(50)38(33)47)32(37(35)46)28-18-10-12-23-11-5-6-17-27(23)28/h2-21,46H,44-45,47-51H2,1H3/b36-22-,40-35+. The first-order valence-electron chi connectivity index (χ1n) is 18.6. The molecule has 1 heterocycles. The molecule has 0 unspecified atom stereocenters. The molecule has 0 aliphatic rings. The zero-order valence-corrected chi connectivity index (χ0v) is 32.1. The summed E-state index contributed by atoms with van der Waals surface area (Å²) in [4.78, 5) is 5.26. The number of hydrogen-bond donors (Lipinski definition) is 0. The Morgan fingerprint density at radius 2 is 1.23 bits per heavy atom. The van der Waals surface area contributed by atoms with E-state index in [2.05, 4.69) is 188 Å². The first-order chi connectivity index (χ1) is 25.6. The van der Waals surface area contributed by atoms with Crippen LogP contribution in [0.4, 0.5) is 0 Å². The average Bonchev–Trinajstić information content (AvgIpc) is 3.58. The predicted molar refractivity (Wildman–Crippen MR) is 252 cm³/mol. The number of hydrogen-bond acceptors (Lipinski definition) is 1. The Hall–Kier alpha value is -5.34. The fourth-order valence-electron chi connectivity index (χ4n) is 8.37. The zero-order valence-electron chi connectivity index (χ0n) is 32.1. The molecular formula is C43H38B8N2. The maximum absolute atomic E-state index is 5.26. The first kappa shape index (κ1) is 34.7. The van der Waals surface area contributed by atoms with E-state index in [-0.39, 0.29) is 0 Å². The second kappa shape index (κ2) is 13.6. The minimum atomic E-state index is 0.924. The molecule has 0 aliphatic heterocycles. The van der Waals surface area contributed by atoms with Crippen LogP contribution in [0.3, 0.4) is 0 Å².